The molecule has 0 aliphatic rings. The number of hydrogen-bond acceptors (Lipinski definition) is 2. The average Bonchev–Trinajstić information content (AvgIpc) is 2.37. The highest BCUT2D eigenvalue weighted by atomic mass is 16.5. The lowest BCUT2D eigenvalue weighted by atomic mass is 10.1. The van der Waals surface area contributed by atoms with Crippen molar-refractivity contribution in [1.29, 1.82) is 0 Å². The van der Waals surface area contributed by atoms with Crippen molar-refractivity contribution in [2.24, 2.45) is 0 Å². The van der Waals surface area contributed by atoms with Crippen molar-refractivity contribution in [1.82, 2.24) is 0 Å². The lowest BCUT2D eigenvalue weighted by Crippen LogP contribution is -2.00. The zero-order valence-corrected chi connectivity index (χ0v) is 9.60. The molecule has 2 aromatic carbocycles. The third-order valence-corrected chi connectivity index (χ3v) is 2.63. The normalized spacial score (nSPS) is 10.2. The Hall–Kier alpha value is -1.80. The molecule has 0 aromatic heterocycles. The summed E-state index contributed by atoms with van der Waals surface area (Å²) < 4.78 is 5.69. The lowest BCUT2D eigenvalue weighted by molar-refractivity contribution is 0.258. The van der Waals surface area contributed by atoms with Crippen LogP contribution < -0.4 is 4.74 Å². The van der Waals surface area contributed by atoms with E-state index in [0.29, 0.717) is 12.4 Å². The van der Waals surface area contributed by atoms with Gasteiger partial charge in [0, 0.05) is 5.56 Å². The molecule has 0 aliphatic carbocycles. The zero-order chi connectivity index (χ0) is 12.1. The zero-order valence-electron chi connectivity index (χ0n) is 9.60. The van der Waals surface area contributed by atoms with Gasteiger partial charge in [0.05, 0.1) is 6.61 Å². The smallest absolute Gasteiger partial charge is 0.125 e. The number of aliphatic hydroxyl groups excluding tert-OH is 1. The molecule has 1 N–H and O–H groups in total. The van der Waals surface area contributed by atoms with Crippen molar-refractivity contribution in [2.75, 3.05) is 0 Å². The van der Waals surface area contributed by atoms with Crippen LogP contribution in [0.5, 0.6) is 5.75 Å². The Labute approximate surface area is 101 Å². The van der Waals surface area contributed by atoms with Crippen LogP contribution in [0.1, 0.15) is 16.7 Å². The molecule has 0 spiro atoms. The predicted octanol–water partition coefficient (Wildman–Crippen LogP) is 2.94. The number of aliphatic hydroxyl groups is 1. The minimum absolute atomic E-state index is 0.0518. The van der Waals surface area contributed by atoms with E-state index < -0.39 is 0 Å². The second-order valence-corrected chi connectivity index (χ2v) is 3.83. The second kappa shape index (κ2) is 5.51. The first kappa shape index (κ1) is 11.7. The number of ether oxygens (including phenoxy) is 1. The maximum atomic E-state index is 9.28. The minimum Gasteiger partial charge on any atom is -0.489 e. The number of rotatable bonds is 4. The topological polar surface area (TPSA) is 29.5 Å². The SMILES string of the molecule is [CH2]c1cccc(OCc2ccccc2)c1CO. The lowest BCUT2D eigenvalue weighted by Gasteiger charge is -2.12. The summed E-state index contributed by atoms with van der Waals surface area (Å²) in [5, 5.41) is 9.28. The van der Waals surface area contributed by atoms with Crippen LogP contribution in [0.3, 0.4) is 0 Å². The molecular weight excluding hydrogens is 212 g/mol. The summed E-state index contributed by atoms with van der Waals surface area (Å²) in [5.74, 6) is 0.698. The van der Waals surface area contributed by atoms with E-state index >= 15 is 0 Å². The van der Waals surface area contributed by atoms with Crippen LogP contribution in [0.25, 0.3) is 0 Å². The first-order valence-corrected chi connectivity index (χ1v) is 5.52. The molecule has 0 saturated heterocycles. The fraction of sp³-hybridized carbons (Fsp3) is 0.133. The molecule has 0 unspecified atom stereocenters. The van der Waals surface area contributed by atoms with Gasteiger partial charge in [-0.3, -0.25) is 0 Å². The molecule has 2 nitrogen and oxygen atoms in total. The molecular formula is C15H15O2. The van der Waals surface area contributed by atoms with Crippen molar-refractivity contribution in [3.05, 3.63) is 72.1 Å². The highest BCUT2D eigenvalue weighted by molar-refractivity contribution is 5.41. The van der Waals surface area contributed by atoms with E-state index in [4.69, 9.17) is 4.74 Å². The van der Waals surface area contributed by atoms with Crippen LogP contribution in [0.15, 0.2) is 48.5 Å². The van der Waals surface area contributed by atoms with E-state index in [0.717, 1.165) is 16.7 Å². The van der Waals surface area contributed by atoms with Gasteiger partial charge in [-0.15, -0.1) is 0 Å². The van der Waals surface area contributed by atoms with E-state index in [1.54, 1.807) is 0 Å². The molecule has 0 atom stereocenters. The molecule has 0 bridgehead atoms. The summed E-state index contributed by atoms with van der Waals surface area (Å²) in [5.41, 5.74) is 2.66. The van der Waals surface area contributed by atoms with E-state index in [2.05, 4.69) is 6.92 Å². The summed E-state index contributed by atoms with van der Waals surface area (Å²) in [6, 6.07) is 15.5. The van der Waals surface area contributed by atoms with Gasteiger partial charge in [0.2, 0.25) is 0 Å². The van der Waals surface area contributed by atoms with E-state index in [-0.39, 0.29) is 6.61 Å². The molecule has 0 saturated carbocycles. The first-order valence-electron chi connectivity index (χ1n) is 5.52. The minimum atomic E-state index is -0.0518. The molecule has 0 aliphatic heterocycles. The third-order valence-electron chi connectivity index (χ3n) is 2.63. The molecule has 1 radical (unpaired) electrons. The fourth-order valence-corrected chi connectivity index (χ4v) is 1.66. The van der Waals surface area contributed by atoms with Gasteiger partial charge in [0.1, 0.15) is 12.4 Å². The van der Waals surface area contributed by atoms with Crippen LogP contribution >= 0.6 is 0 Å². The van der Waals surface area contributed by atoms with Crippen molar-refractivity contribution < 1.29 is 9.84 Å². The fourth-order valence-electron chi connectivity index (χ4n) is 1.66. The Morgan fingerprint density at radius 2 is 1.76 bits per heavy atom. The Bertz CT molecular complexity index is 478. The Balaban J connectivity index is 2.12. The van der Waals surface area contributed by atoms with Crippen molar-refractivity contribution in [2.45, 2.75) is 13.2 Å². The maximum Gasteiger partial charge on any atom is 0.125 e. The quantitative estimate of drug-likeness (QED) is 0.870. The van der Waals surface area contributed by atoms with Gasteiger partial charge in [-0.25, -0.2) is 0 Å². The molecule has 17 heavy (non-hydrogen) atoms. The van der Waals surface area contributed by atoms with Crippen LogP contribution in [0.2, 0.25) is 0 Å². The molecule has 0 heterocycles. The first-order chi connectivity index (χ1) is 8.31. The molecule has 2 aromatic rings. The van der Waals surface area contributed by atoms with Crippen LogP contribution in [0.4, 0.5) is 0 Å². The summed E-state index contributed by atoms with van der Waals surface area (Å²) in [4.78, 5) is 0. The largest absolute Gasteiger partial charge is 0.489 e. The van der Waals surface area contributed by atoms with Gasteiger partial charge in [-0.2, -0.15) is 0 Å². The van der Waals surface area contributed by atoms with Gasteiger partial charge in [0.15, 0.2) is 0 Å². The van der Waals surface area contributed by atoms with E-state index in [1.165, 1.54) is 0 Å². The van der Waals surface area contributed by atoms with Crippen molar-refractivity contribution >= 4 is 0 Å². The predicted molar refractivity (Wildman–Crippen MR) is 67.6 cm³/mol. The van der Waals surface area contributed by atoms with Gasteiger partial charge in [-0.1, -0.05) is 42.5 Å². The van der Waals surface area contributed by atoms with E-state index in [1.807, 2.05) is 48.5 Å². The molecule has 87 valence electrons. The Morgan fingerprint density at radius 1 is 1.00 bits per heavy atom. The Kier molecular flexibility index (Phi) is 3.78. The molecule has 0 amide bonds. The molecule has 0 fully saturated rings. The van der Waals surface area contributed by atoms with Gasteiger partial charge < -0.3 is 9.84 Å². The van der Waals surface area contributed by atoms with Crippen LogP contribution in [0, 0.1) is 6.92 Å². The maximum absolute atomic E-state index is 9.28. The van der Waals surface area contributed by atoms with Crippen molar-refractivity contribution in [3.63, 3.8) is 0 Å². The standard InChI is InChI=1S/C15H15O2/c1-12-6-5-9-15(14(12)10-16)17-11-13-7-3-2-4-8-13/h2-9,16H,1,10-11H2. The summed E-state index contributed by atoms with van der Waals surface area (Å²) in [6.07, 6.45) is 0. The summed E-state index contributed by atoms with van der Waals surface area (Å²) in [6.45, 7) is 4.31. The van der Waals surface area contributed by atoms with Crippen molar-refractivity contribution in [3.8, 4) is 5.75 Å². The molecule has 2 heteroatoms. The summed E-state index contributed by atoms with van der Waals surface area (Å²) in [7, 11) is 0. The highest BCUT2D eigenvalue weighted by Crippen LogP contribution is 2.22. The highest BCUT2D eigenvalue weighted by Gasteiger charge is 2.05. The Morgan fingerprint density at radius 3 is 2.47 bits per heavy atom. The van der Waals surface area contributed by atoms with Gasteiger partial charge in [0.25, 0.3) is 0 Å². The van der Waals surface area contributed by atoms with Crippen LogP contribution in [-0.4, -0.2) is 5.11 Å². The number of benzene rings is 2. The van der Waals surface area contributed by atoms with Gasteiger partial charge in [-0.05, 0) is 24.1 Å². The summed E-state index contributed by atoms with van der Waals surface area (Å²) >= 11 is 0. The average molecular weight is 227 g/mol. The third kappa shape index (κ3) is 2.86. The second-order valence-electron chi connectivity index (χ2n) is 3.83. The monoisotopic (exact) mass is 227 g/mol. The number of hydrogen-bond donors (Lipinski definition) is 1. The van der Waals surface area contributed by atoms with Gasteiger partial charge >= 0.3 is 0 Å². The van der Waals surface area contributed by atoms with Crippen LogP contribution in [-0.2, 0) is 13.2 Å². The molecule has 2 rings (SSSR count). The van der Waals surface area contributed by atoms with E-state index in [9.17, 15) is 5.11 Å².